The molecule has 2 rings (SSSR count). The Morgan fingerprint density at radius 3 is 2.63 bits per heavy atom. The summed E-state index contributed by atoms with van der Waals surface area (Å²) in [5, 5.41) is 0.170. The molecule has 2 aromatic rings. The summed E-state index contributed by atoms with van der Waals surface area (Å²) < 4.78 is 18.4. The molecule has 1 aromatic heterocycles. The van der Waals surface area contributed by atoms with Crippen LogP contribution in [0.4, 0.5) is 10.2 Å². The summed E-state index contributed by atoms with van der Waals surface area (Å²) in [4.78, 5) is 8.33. The lowest BCUT2D eigenvalue weighted by Gasteiger charge is -2.10. The first-order valence-electron chi connectivity index (χ1n) is 5.73. The van der Waals surface area contributed by atoms with E-state index in [1.165, 1.54) is 24.3 Å². The van der Waals surface area contributed by atoms with E-state index in [2.05, 4.69) is 9.97 Å². The molecule has 4 nitrogen and oxygen atoms in total. The van der Waals surface area contributed by atoms with Gasteiger partial charge in [0.15, 0.2) is 0 Å². The molecule has 0 aliphatic carbocycles. The molecular formula is C13H13ClFN3O. The van der Waals surface area contributed by atoms with Crippen LogP contribution in [0.15, 0.2) is 24.3 Å². The number of nitrogen functional groups attached to an aromatic ring is 1. The van der Waals surface area contributed by atoms with Crippen molar-refractivity contribution in [3.63, 3.8) is 0 Å². The molecule has 0 unspecified atom stereocenters. The van der Waals surface area contributed by atoms with Crippen molar-refractivity contribution in [2.24, 2.45) is 0 Å². The SMILES string of the molecule is CC(C)c1nc(N)cc(Oc2ccc(F)cc2Cl)n1. The monoisotopic (exact) mass is 281 g/mol. The van der Waals surface area contributed by atoms with Crippen LogP contribution in [-0.4, -0.2) is 9.97 Å². The Labute approximate surface area is 115 Å². The van der Waals surface area contributed by atoms with Crippen LogP contribution in [0, 0.1) is 5.82 Å². The van der Waals surface area contributed by atoms with Crippen molar-refractivity contribution in [2.75, 3.05) is 5.73 Å². The molecule has 1 heterocycles. The largest absolute Gasteiger partial charge is 0.437 e. The summed E-state index contributed by atoms with van der Waals surface area (Å²) in [5.41, 5.74) is 5.69. The fraction of sp³-hybridized carbons (Fsp3) is 0.231. The smallest absolute Gasteiger partial charge is 0.224 e. The Balaban J connectivity index is 2.32. The second-order valence-electron chi connectivity index (χ2n) is 4.32. The second kappa shape index (κ2) is 5.40. The molecule has 0 fully saturated rings. The van der Waals surface area contributed by atoms with Crippen LogP contribution in [0.1, 0.15) is 25.6 Å². The van der Waals surface area contributed by atoms with Crippen molar-refractivity contribution in [3.8, 4) is 11.6 Å². The zero-order valence-corrected chi connectivity index (χ0v) is 11.3. The van der Waals surface area contributed by atoms with Gasteiger partial charge in [0, 0.05) is 12.0 Å². The van der Waals surface area contributed by atoms with Gasteiger partial charge in [-0.25, -0.2) is 9.37 Å². The van der Waals surface area contributed by atoms with E-state index in [1.807, 2.05) is 13.8 Å². The minimum Gasteiger partial charge on any atom is -0.437 e. The van der Waals surface area contributed by atoms with Crippen LogP contribution >= 0.6 is 11.6 Å². The normalized spacial score (nSPS) is 10.8. The number of ether oxygens (including phenoxy) is 1. The fourth-order valence-electron chi connectivity index (χ4n) is 1.44. The van der Waals surface area contributed by atoms with Gasteiger partial charge in [-0.15, -0.1) is 0 Å². The van der Waals surface area contributed by atoms with Gasteiger partial charge in [0.05, 0.1) is 5.02 Å². The number of hydrogen-bond acceptors (Lipinski definition) is 4. The van der Waals surface area contributed by atoms with E-state index in [4.69, 9.17) is 22.1 Å². The molecule has 0 radical (unpaired) electrons. The number of hydrogen-bond donors (Lipinski definition) is 1. The van der Waals surface area contributed by atoms with E-state index < -0.39 is 5.82 Å². The van der Waals surface area contributed by atoms with Crippen LogP contribution in [0.5, 0.6) is 11.6 Å². The van der Waals surface area contributed by atoms with Gasteiger partial charge in [0.1, 0.15) is 23.2 Å². The van der Waals surface area contributed by atoms with Crippen LogP contribution in [0.25, 0.3) is 0 Å². The Hall–Kier alpha value is -1.88. The van der Waals surface area contributed by atoms with E-state index in [0.29, 0.717) is 17.4 Å². The zero-order chi connectivity index (χ0) is 14.0. The molecule has 0 bridgehead atoms. The van der Waals surface area contributed by atoms with Gasteiger partial charge in [0.2, 0.25) is 5.88 Å². The van der Waals surface area contributed by atoms with Gasteiger partial charge in [-0.05, 0) is 18.2 Å². The zero-order valence-electron chi connectivity index (χ0n) is 10.5. The number of aromatic nitrogens is 2. The van der Waals surface area contributed by atoms with E-state index in [1.54, 1.807) is 0 Å². The highest BCUT2D eigenvalue weighted by atomic mass is 35.5. The molecule has 1 aromatic carbocycles. The molecule has 0 amide bonds. The van der Waals surface area contributed by atoms with Crippen molar-refractivity contribution in [2.45, 2.75) is 19.8 Å². The van der Waals surface area contributed by atoms with Crippen molar-refractivity contribution >= 4 is 17.4 Å². The molecule has 19 heavy (non-hydrogen) atoms. The summed E-state index contributed by atoms with van der Waals surface area (Å²) in [7, 11) is 0. The van der Waals surface area contributed by atoms with E-state index >= 15 is 0 Å². The van der Waals surface area contributed by atoms with Crippen LogP contribution in [0.2, 0.25) is 5.02 Å². The lowest BCUT2D eigenvalue weighted by molar-refractivity contribution is 0.456. The predicted molar refractivity (Wildman–Crippen MR) is 72.0 cm³/mol. The third kappa shape index (κ3) is 3.32. The molecule has 0 saturated heterocycles. The van der Waals surface area contributed by atoms with Crippen molar-refractivity contribution in [1.29, 1.82) is 0 Å². The van der Waals surface area contributed by atoms with E-state index in [0.717, 1.165) is 0 Å². The number of nitrogens with zero attached hydrogens (tertiary/aromatic N) is 2. The summed E-state index contributed by atoms with van der Waals surface area (Å²) >= 11 is 5.88. The van der Waals surface area contributed by atoms with Crippen molar-refractivity contribution in [1.82, 2.24) is 9.97 Å². The highest BCUT2D eigenvalue weighted by Crippen LogP contribution is 2.29. The van der Waals surface area contributed by atoms with Crippen molar-refractivity contribution < 1.29 is 9.13 Å². The third-order valence-corrected chi connectivity index (χ3v) is 2.66. The molecule has 0 aliphatic heterocycles. The lowest BCUT2D eigenvalue weighted by Crippen LogP contribution is -2.03. The second-order valence-corrected chi connectivity index (χ2v) is 4.73. The maximum absolute atomic E-state index is 12.9. The predicted octanol–water partition coefficient (Wildman–Crippen LogP) is 3.77. The maximum Gasteiger partial charge on any atom is 0.224 e. The highest BCUT2D eigenvalue weighted by molar-refractivity contribution is 6.32. The lowest BCUT2D eigenvalue weighted by atomic mass is 10.2. The summed E-state index contributed by atoms with van der Waals surface area (Å²) in [6.45, 7) is 3.90. The Morgan fingerprint density at radius 2 is 2.00 bits per heavy atom. The van der Waals surface area contributed by atoms with Gasteiger partial charge in [0.25, 0.3) is 0 Å². The number of benzene rings is 1. The standard InChI is InChI=1S/C13H13ClFN3O/c1-7(2)13-17-11(16)6-12(18-13)19-10-4-3-8(15)5-9(10)14/h3-7H,1-2H3,(H2,16,17,18). The summed E-state index contributed by atoms with van der Waals surface area (Å²) in [6.07, 6.45) is 0. The minimum atomic E-state index is -0.428. The average molecular weight is 282 g/mol. The summed E-state index contributed by atoms with van der Waals surface area (Å²) in [6, 6.07) is 5.36. The third-order valence-electron chi connectivity index (χ3n) is 2.36. The first kappa shape index (κ1) is 13.5. The minimum absolute atomic E-state index is 0.120. The molecule has 0 aliphatic rings. The molecule has 0 spiro atoms. The van der Waals surface area contributed by atoms with Gasteiger partial charge >= 0.3 is 0 Å². The first-order chi connectivity index (χ1) is 8.95. The van der Waals surface area contributed by atoms with Gasteiger partial charge in [-0.3, -0.25) is 0 Å². The number of nitrogens with two attached hydrogens (primary N) is 1. The van der Waals surface area contributed by atoms with Crippen LogP contribution < -0.4 is 10.5 Å². The van der Waals surface area contributed by atoms with Gasteiger partial charge in [-0.1, -0.05) is 25.4 Å². The fourth-order valence-corrected chi connectivity index (χ4v) is 1.65. The number of rotatable bonds is 3. The average Bonchev–Trinajstić information content (AvgIpc) is 2.32. The first-order valence-corrected chi connectivity index (χ1v) is 6.11. The Morgan fingerprint density at radius 1 is 1.26 bits per heavy atom. The molecule has 6 heteroatoms. The molecule has 0 saturated carbocycles. The van der Waals surface area contributed by atoms with E-state index in [-0.39, 0.29) is 16.8 Å². The molecule has 100 valence electrons. The Bertz CT molecular complexity index is 604. The topological polar surface area (TPSA) is 61.0 Å². The van der Waals surface area contributed by atoms with Crippen LogP contribution in [-0.2, 0) is 0 Å². The molecular weight excluding hydrogens is 269 g/mol. The van der Waals surface area contributed by atoms with Crippen LogP contribution in [0.3, 0.4) is 0 Å². The highest BCUT2D eigenvalue weighted by Gasteiger charge is 2.10. The molecule has 0 atom stereocenters. The van der Waals surface area contributed by atoms with E-state index in [9.17, 15) is 4.39 Å². The summed E-state index contributed by atoms with van der Waals surface area (Å²) in [5.74, 6) is 1.18. The number of halogens is 2. The maximum atomic E-state index is 12.9. The molecule has 2 N–H and O–H groups in total. The Kier molecular flexibility index (Phi) is 3.85. The van der Waals surface area contributed by atoms with Crippen molar-refractivity contribution in [3.05, 3.63) is 40.9 Å². The van der Waals surface area contributed by atoms with Gasteiger partial charge in [-0.2, -0.15) is 4.98 Å². The van der Waals surface area contributed by atoms with Gasteiger partial charge < -0.3 is 10.5 Å². The quantitative estimate of drug-likeness (QED) is 0.930. The number of anilines is 1.